The van der Waals surface area contributed by atoms with Gasteiger partial charge in [0, 0.05) is 84.0 Å². The number of nitrogens with zero attached hydrogens (tertiary/aromatic N) is 3. The average molecular weight is 881 g/mol. The van der Waals surface area contributed by atoms with Crippen molar-refractivity contribution >= 4 is 34.4 Å². The lowest BCUT2D eigenvalue weighted by atomic mass is 9.42. The van der Waals surface area contributed by atoms with Crippen molar-refractivity contribution in [1.29, 1.82) is 0 Å². The van der Waals surface area contributed by atoms with E-state index in [0.717, 1.165) is 27.7 Å². The minimum atomic E-state index is -2.50. The Hall–Kier alpha value is -4.47. The number of aliphatic hydroxyl groups excluding tert-OH is 1. The number of ether oxygens (including phenoxy) is 2. The molecule has 1 unspecified atom stereocenters. The van der Waals surface area contributed by atoms with E-state index in [1.165, 1.54) is 7.11 Å². The van der Waals surface area contributed by atoms with Crippen LogP contribution in [0.15, 0.2) is 48.6 Å². The van der Waals surface area contributed by atoms with E-state index in [1.807, 2.05) is 83.0 Å². The van der Waals surface area contributed by atoms with Crippen molar-refractivity contribution < 1.29 is 39.2 Å². The summed E-state index contributed by atoms with van der Waals surface area (Å²) in [6.45, 7) is 12.9. The lowest BCUT2D eigenvalue weighted by Crippen LogP contribution is -2.87. The largest absolute Gasteiger partial charge is 0.496 e. The van der Waals surface area contributed by atoms with Crippen LogP contribution in [0.5, 0.6) is 5.75 Å². The number of rotatable bonds is 10. The van der Waals surface area contributed by atoms with Crippen LogP contribution in [0.4, 0.5) is 5.69 Å². The van der Waals surface area contributed by atoms with Gasteiger partial charge in [-0.15, -0.1) is 0 Å². The summed E-state index contributed by atoms with van der Waals surface area (Å²) >= 11 is 0. The Kier molecular flexibility index (Phi) is 10.7. The Morgan fingerprint density at radius 2 is 1.80 bits per heavy atom. The highest BCUT2D eigenvalue weighted by atomic mass is 16.5. The summed E-state index contributed by atoms with van der Waals surface area (Å²) in [4.78, 5) is 54.1. The zero-order valence-electron chi connectivity index (χ0n) is 38.8. The van der Waals surface area contributed by atoms with Gasteiger partial charge in [-0.2, -0.15) is 0 Å². The zero-order valence-corrected chi connectivity index (χ0v) is 38.8. The zero-order chi connectivity index (χ0) is 45.9. The maximum absolute atomic E-state index is 15.5. The lowest BCUT2D eigenvalue weighted by molar-refractivity contribution is -0.224. The highest BCUT2D eigenvalue weighted by Crippen LogP contribution is 2.71. The van der Waals surface area contributed by atoms with Crippen LogP contribution in [-0.4, -0.2) is 137 Å². The first-order valence-corrected chi connectivity index (χ1v) is 23.4. The number of fused-ring (bicyclic) bond motifs is 6. The molecule has 2 saturated heterocycles. The number of amides is 2. The number of nitrogens with two attached hydrogens (primary N) is 1. The monoisotopic (exact) mass is 881 g/mol. The molecule has 11 atom stereocenters. The van der Waals surface area contributed by atoms with E-state index in [4.69, 9.17) is 15.2 Å². The van der Waals surface area contributed by atoms with Crippen LogP contribution < -0.4 is 20.7 Å². The minimum Gasteiger partial charge on any atom is -0.496 e. The second kappa shape index (κ2) is 15.3. The Balaban J connectivity index is 1.34. The Morgan fingerprint density at radius 1 is 1.05 bits per heavy atom. The number of likely N-dealkylation sites (N-methyl/N-ethyl adjacent to an activating group) is 1. The molecule has 346 valence electrons. The fourth-order valence-corrected chi connectivity index (χ4v) is 14.4. The van der Waals surface area contributed by atoms with Gasteiger partial charge in [0.1, 0.15) is 23.3 Å². The summed E-state index contributed by atoms with van der Waals surface area (Å²) in [5.74, 6) is -1.75. The van der Waals surface area contributed by atoms with Crippen molar-refractivity contribution in [3.63, 3.8) is 0 Å². The Morgan fingerprint density at radius 3 is 2.47 bits per heavy atom. The van der Waals surface area contributed by atoms with E-state index < -0.39 is 62.9 Å². The number of aromatic amines is 1. The van der Waals surface area contributed by atoms with Crippen LogP contribution in [-0.2, 0) is 36.4 Å². The highest BCUT2D eigenvalue weighted by Gasteiger charge is 2.84. The molecule has 6 aliphatic rings. The first-order chi connectivity index (χ1) is 30.4. The van der Waals surface area contributed by atoms with Gasteiger partial charge in [0.15, 0.2) is 5.60 Å². The molecule has 3 fully saturated rings. The van der Waals surface area contributed by atoms with E-state index in [9.17, 15) is 20.1 Å². The van der Waals surface area contributed by atoms with E-state index >= 15 is 9.59 Å². The van der Waals surface area contributed by atoms with Crippen molar-refractivity contribution in [3.05, 3.63) is 70.9 Å². The molecule has 0 radical (unpaired) electrons. The van der Waals surface area contributed by atoms with E-state index in [2.05, 4.69) is 32.2 Å². The van der Waals surface area contributed by atoms with Crippen molar-refractivity contribution in [2.45, 2.75) is 125 Å². The van der Waals surface area contributed by atoms with Crippen LogP contribution >= 0.6 is 0 Å². The second-order valence-corrected chi connectivity index (χ2v) is 20.7. The summed E-state index contributed by atoms with van der Waals surface area (Å²) in [6, 6.07) is 10.7. The van der Waals surface area contributed by atoms with Gasteiger partial charge in [-0.1, -0.05) is 58.0 Å². The molecule has 1 aliphatic carbocycles. The molecule has 3 aromatic rings. The predicted molar refractivity (Wildman–Crippen MR) is 244 cm³/mol. The summed E-state index contributed by atoms with van der Waals surface area (Å²) in [5, 5.41) is 42.7. The molecule has 5 aliphatic heterocycles. The van der Waals surface area contributed by atoms with Crippen molar-refractivity contribution in [2.24, 2.45) is 23.0 Å². The summed E-state index contributed by atoms with van der Waals surface area (Å²) in [7, 11) is 4.87. The molecule has 2 bridgehead atoms. The number of aromatic nitrogens is 1. The number of esters is 1. The number of hydrogen-bond donors (Lipinski definition) is 6. The van der Waals surface area contributed by atoms with E-state index in [0.29, 0.717) is 88.2 Å². The molecular formula is C50H68N6O8. The number of hydrogen-bond acceptors (Lipinski definition) is 11. The topological polar surface area (TPSA) is 194 Å². The lowest BCUT2D eigenvalue weighted by Gasteiger charge is -2.68. The van der Waals surface area contributed by atoms with Crippen LogP contribution in [0.25, 0.3) is 10.9 Å². The molecule has 14 nitrogen and oxygen atoms in total. The molecular weight excluding hydrogens is 813 g/mol. The van der Waals surface area contributed by atoms with Gasteiger partial charge in [-0.3, -0.25) is 24.2 Å². The molecule has 2 amide bonds. The Bertz CT molecular complexity index is 2420. The SMILES string of the molecule is CC[C@]1(O)C[C@@H]2CN(CCc3c([nH]c4ccccc34)[C@@](C(=O)OC)(c3cc4c(cc3OC)N(C)[C@@]3(C)[C@@](O)(C(=O)N[C@@H](CC(C)C)C(N)=O)[C@H](O)[C@]5(CC)C=CCN6CC[C@]43[C@@H]65)C2)C1. The number of anilines is 1. The third-order valence-corrected chi connectivity index (χ3v) is 17.4. The predicted octanol–water partition coefficient (Wildman–Crippen LogP) is 3.65. The van der Waals surface area contributed by atoms with Crippen LogP contribution in [0.3, 0.4) is 0 Å². The summed E-state index contributed by atoms with van der Waals surface area (Å²) < 4.78 is 12.4. The third-order valence-electron chi connectivity index (χ3n) is 17.4. The Labute approximate surface area is 376 Å². The van der Waals surface area contributed by atoms with Crippen molar-refractivity contribution in [3.8, 4) is 5.75 Å². The van der Waals surface area contributed by atoms with Crippen LogP contribution in [0.1, 0.15) is 95.5 Å². The van der Waals surface area contributed by atoms with E-state index in [1.54, 1.807) is 7.11 Å². The van der Waals surface area contributed by atoms with Crippen LogP contribution in [0, 0.1) is 17.3 Å². The standard InChI is InChI=1S/C50H68N6O8/c1-9-46(61)25-30-26-48(44(60)64-8,39-32(16-20-55(27-30)28-46)31-14-11-12-15-35(31)52-39)34-23-33-37(24-38(34)63-7)54(6)45(5)49(33)18-21-56-19-13-17-47(10-2,41(49)56)42(58)50(45,62)43(59)53-36(40(51)57)22-29(3)4/h11-15,17,23-24,29-30,36,41-42,52,58,61-62H,9-10,16,18-22,25-28H2,1-8H3,(H2,51,57)(H,53,59)/t30-,36-,41-,42+,45+,46-,47+,48-,49+,50-/m0/s1. The van der Waals surface area contributed by atoms with Crippen LogP contribution in [0.2, 0.25) is 0 Å². The molecule has 64 heavy (non-hydrogen) atoms. The molecule has 2 aromatic carbocycles. The first-order valence-electron chi connectivity index (χ1n) is 23.4. The normalized spacial score (nSPS) is 36.8. The van der Waals surface area contributed by atoms with Gasteiger partial charge in [0.05, 0.1) is 25.4 Å². The number of methoxy groups -OCH3 is 2. The number of nitrogens with one attached hydrogen (secondary N) is 2. The fourth-order valence-electron chi connectivity index (χ4n) is 14.4. The fraction of sp³-hybridized carbons (Fsp3) is 0.620. The maximum Gasteiger partial charge on any atom is 0.322 e. The molecule has 14 heteroatoms. The van der Waals surface area contributed by atoms with Crippen molar-refractivity contribution in [1.82, 2.24) is 20.1 Å². The van der Waals surface area contributed by atoms with Crippen molar-refractivity contribution in [2.75, 3.05) is 58.9 Å². The first kappa shape index (κ1) is 44.7. The van der Waals surface area contributed by atoms with Gasteiger partial charge < -0.3 is 45.7 Å². The number of H-pyrrole nitrogens is 1. The molecule has 7 N–H and O–H groups in total. The number of benzene rings is 2. The van der Waals surface area contributed by atoms with Gasteiger partial charge in [0.25, 0.3) is 5.91 Å². The molecule has 1 saturated carbocycles. The molecule has 9 rings (SSSR count). The number of carbonyl (C=O) groups is 3. The molecule has 1 spiro atoms. The highest BCUT2D eigenvalue weighted by molar-refractivity contribution is 5.97. The quantitative estimate of drug-likeness (QED) is 0.129. The van der Waals surface area contributed by atoms with Gasteiger partial charge >= 0.3 is 5.97 Å². The maximum atomic E-state index is 15.5. The average Bonchev–Trinajstić information content (AvgIpc) is 3.93. The number of piperidine rings is 1. The van der Waals surface area contributed by atoms with E-state index in [-0.39, 0.29) is 24.3 Å². The van der Waals surface area contributed by atoms with Gasteiger partial charge in [-0.25, -0.2) is 0 Å². The number of primary amides is 1. The second-order valence-electron chi connectivity index (χ2n) is 20.7. The van der Waals surface area contributed by atoms with Gasteiger partial charge in [0.2, 0.25) is 5.91 Å². The number of aliphatic hydroxyl groups is 3. The summed E-state index contributed by atoms with van der Waals surface area (Å²) in [5.41, 5.74) is 2.08. The van der Waals surface area contributed by atoms with Gasteiger partial charge in [-0.05, 0) is 93.5 Å². The smallest absolute Gasteiger partial charge is 0.322 e. The number of carbonyl (C=O) groups excluding carboxylic acids is 3. The summed E-state index contributed by atoms with van der Waals surface area (Å²) in [6.07, 6.45) is 5.58. The minimum absolute atomic E-state index is 0.00377. The molecule has 6 heterocycles. The number of para-hydroxylation sites is 1. The third kappa shape index (κ3) is 5.70. The molecule has 1 aromatic heterocycles.